The van der Waals surface area contributed by atoms with E-state index in [2.05, 4.69) is 5.32 Å². The number of rotatable bonds is 5. The number of nitrogens with one attached hydrogen (secondary N) is 1. The van der Waals surface area contributed by atoms with Gasteiger partial charge in [-0.05, 0) is 19.8 Å². The van der Waals surface area contributed by atoms with Gasteiger partial charge in [-0.25, -0.2) is 0 Å². The molecule has 4 nitrogen and oxygen atoms in total. The van der Waals surface area contributed by atoms with Crippen LogP contribution in [0.5, 0.6) is 0 Å². The molecule has 90 valence electrons. The first kappa shape index (κ1) is 14.4. The Morgan fingerprint density at radius 2 is 1.87 bits per heavy atom. The summed E-state index contributed by atoms with van der Waals surface area (Å²) in [6.07, 6.45) is 0. The van der Waals surface area contributed by atoms with Gasteiger partial charge in [0.15, 0.2) is 0 Å². The van der Waals surface area contributed by atoms with Gasteiger partial charge in [0.2, 0.25) is 5.91 Å². The number of likely N-dealkylation sites (N-methyl/N-ethyl adjacent to an activating group) is 1. The predicted molar refractivity (Wildman–Crippen MR) is 61.6 cm³/mol. The van der Waals surface area contributed by atoms with E-state index in [0.29, 0.717) is 6.54 Å². The van der Waals surface area contributed by atoms with Crippen LogP contribution in [0.4, 0.5) is 0 Å². The van der Waals surface area contributed by atoms with E-state index in [9.17, 15) is 9.90 Å². The summed E-state index contributed by atoms with van der Waals surface area (Å²) in [4.78, 5) is 13.1. The molecule has 0 fully saturated rings. The number of hydrogen-bond donors (Lipinski definition) is 2. The van der Waals surface area contributed by atoms with E-state index < -0.39 is 5.60 Å². The minimum atomic E-state index is -0.777. The van der Waals surface area contributed by atoms with Gasteiger partial charge in [-0.2, -0.15) is 0 Å². The van der Waals surface area contributed by atoms with Crippen molar-refractivity contribution < 1.29 is 9.90 Å². The van der Waals surface area contributed by atoms with E-state index in [4.69, 9.17) is 0 Å². The highest BCUT2D eigenvalue weighted by Gasteiger charge is 2.26. The van der Waals surface area contributed by atoms with Crippen LogP contribution >= 0.6 is 0 Å². The van der Waals surface area contributed by atoms with Crippen LogP contribution in [0, 0.1) is 5.92 Å². The molecule has 0 aliphatic rings. The van der Waals surface area contributed by atoms with Crippen molar-refractivity contribution in [1.82, 2.24) is 10.2 Å². The topological polar surface area (TPSA) is 52.6 Å². The number of carbonyl (C=O) groups excluding carboxylic acids is 1. The summed E-state index contributed by atoms with van der Waals surface area (Å²) in [5, 5.41) is 13.0. The van der Waals surface area contributed by atoms with Gasteiger partial charge in [0.05, 0.1) is 11.6 Å². The second kappa shape index (κ2) is 5.47. The first-order chi connectivity index (χ1) is 6.68. The molecule has 0 saturated heterocycles. The summed E-state index contributed by atoms with van der Waals surface area (Å²) in [6, 6.07) is -0.259. The van der Waals surface area contributed by atoms with E-state index in [-0.39, 0.29) is 17.9 Å². The molecule has 0 rings (SSSR count). The number of amides is 1. The summed E-state index contributed by atoms with van der Waals surface area (Å²) in [6.45, 7) is 7.92. The molecule has 0 aromatic carbocycles. The molecule has 1 amide bonds. The third-order valence-electron chi connectivity index (χ3n) is 2.82. The largest absolute Gasteiger partial charge is 0.389 e. The average Bonchev–Trinajstić information content (AvgIpc) is 2.12. The normalized spacial score (nSPS) is 17.3. The lowest BCUT2D eigenvalue weighted by Crippen LogP contribution is -2.49. The first-order valence-electron chi connectivity index (χ1n) is 5.35. The van der Waals surface area contributed by atoms with Crippen LogP contribution in [0.2, 0.25) is 0 Å². The van der Waals surface area contributed by atoms with Crippen molar-refractivity contribution in [3.8, 4) is 0 Å². The molecule has 0 heterocycles. The molecule has 15 heavy (non-hydrogen) atoms. The molecule has 0 aliphatic carbocycles. The van der Waals surface area contributed by atoms with Crippen molar-refractivity contribution in [3.63, 3.8) is 0 Å². The molecular weight excluding hydrogens is 192 g/mol. The van der Waals surface area contributed by atoms with Crippen LogP contribution in [-0.2, 0) is 4.79 Å². The summed E-state index contributed by atoms with van der Waals surface area (Å²) in [7, 11) is 3.45. The Morgan fingerprint density at radius 1 is 1.40 bits per heavy atom. The Kier molecular flexibility index (Phi) is 5.24. The molecule has 2 atom stereocenters. The molecule has 0 spiro atoms. The third kappa shape index (κ3) is 4.62. The summed E-state index contributed by atoms with van der Waals surface area (Å²) >= 11 is 0. The standard InChI is InChI=1S/C11H24N2O2/c1-8(2)11(4,15)7-12-9(3)10(14)13(5)6/h8-9,12,15H,7H2,1-6H3. The van der Waals surface area contributed by atoms with Gasteiger partial charge >= 0.3 is 0 Å². The maximum Gasteiger partial charge on any atom is 0.238 e. The van der Waals surface area contributed by atoms with Crippen molar-refractivity contribution in [3.05, 3.63) is 0 Å². The number of aliphatic hydroxyl groups is 1. The van der Waals surface area contributed by atoms with Crippen molar-refractivity contribution in [2.75, 3.05) is 20.6 Å². The van der Waals surface area contributed by atoms with Crippen LogP contribution in [0.25, 0.3) is 0 Å². The number of hydrogen-bond acceptors (Lipinski definition) is 3. The van der Waals surface area contributed by atoms with Crippen LogP contribution in [-0.4, -0.2) is 48.2 Å². The highest BCUT2D eigenvalue weighted by molar-refractivity contribution is 5.80. The Morgan fingerprint density at radius 3 is 2.20 bits per heavy atom. The zero-order valence-corrected chi connectivity index (χ0v) is 10.7. The van der Waals surface area contributed by atoms with E-state index in [0.717, 1.165) is 0 Å². The van der Waals surface area contributed by atoms with Gasteiger partial charge in [0.25, 0.3) is 0 Å². The summed E-state index contributed by atoms with van der Waals surface area (Å²) in [5.41, 5.74) is -0.777. The maximum absolute atomic E-state index is 11.5. The summed E-state index contributed by atoms with van der Waals surface area (Å²) < 4.78 is 0. The van der Waals surface area contributed by atoms with Gasteiger partial charge in [0, 0.05) is 20.6 Å². The second-order valence-corrected chi connectivity index (χ2v) is 4.85. The molecule has 0 bridgehead atoms. The monoisotopic (exact) mass is 216 g/mol. The first-order valence-corrected chi connectivity index (χ1v) is 5.35. The van der Waals surface area contributed by atoms with Crippen LogP contribution in [0.1, 0.15) is 27.7 Å². The predicted octanol–water partition coefficient (Wildman–Crippen LogP) is 0.460. The lowest BCUT2D eigenvalue weighted by atomic mass is 9.92. The highest BCUT2D eigenvalue weighted by Crippen LogP contribution is 2.14. The van der Waals surface area contributed by atoms with E-state index in [1.807, 2.05) is 13.8 Å². The fourth-order valence-electron chi connectivity index (χ4n) is 1.04. The third-order valence-corrected chi connectivity index (χ3v) is 2.82. The fourth-order valence-corrected chi connectivity index (χ4v) is 1.04. The molecule has 0 radical (unpaired) electrons. The Balaban J connectivity index is 4.11. The maximum atomic E-state index is 11.5. The van der Waals surface area contributed by atoms with Crippen LogP contribution in [0.3, 0.4) is 0 Å². The minimum Gasteiger partial charge on any atom is -0.389 e. The van der Waals surface area contributed by atoms with E-state index in [1.165, 1.54) is 0 Å². The van der Waals surface area contributed by atoms with Crippen molar-refractivity contribution >= 4 is 5.91 Å². The lowest BCUT2D eigenvalue weighted by molar-refractivity contribution is -0.130. The zero-order chi connectivity index (χ0) is 12.2. The molecule has 0 aromatic rings. The molecule has 0 aromatic heterocycles. The second-order valence-electron chi connectivity index (χ2n) is 4.85. The molecule has 0 saturated carbocycles. The Labute approximate surface area is 92.7 Å². The molecule has 4 heteroatoms. The number of carbonyl (C=O) groups is 1. The smallest absolute Gasteiger partial charge is 0.238 e. The molecule has 2 N–H and O–H groups in total. The lowest BCUT2D eigenvalue weighted by Gasteiger charge is -2.30. The highest BCUT2D eigenvalue weighted by atomic mass is 16.3. The Hall–Kier alpha value is -0.610. The number of nitrogens with zero attached hydrogens (tertiary/aromatic N) is 1. The average molecular weight is 216 g/mol. The van der Waals surface area contributed by atoms with Gasteiger partial charge in [-0.1, -0.05) is 13.8 Å². The van der Waals surface area contributed by atoms with Crippen LogP contribution in [0.15, 0.2) is 0 Å². The van der Waals surface area contributed by atoms with Crippen molar-refractivity contribution in [2.45, 2.75) is 39.3 Å². The van der Waals surface area contributed by atoms with Gasteiger partial charge < -0.3 is 15.3 Å². The van der Waals surface area contributed by atoms with Crippen LogP contribution < -0.4 is 5.32 Å². The van der Waals surface area contributed by atoms with Gasteiger partial charge in [-0.15, -0.1) is 0 Å². The minimum absolute atomic E-state index is 0.0227. The molecule has 0 aliphatic heterocycles. The van der Waals surface area contributed by atoms with Crippen molar-refractivity contribution in [1.29, 1.82) is 0 Å². The van der Waals surface area contributed by atoms with Gasteiger partial charge in [0.1, 0.15) is 0 Å². The molecule has 2 unspecified atom stereocenters. The molecular formula is C11H24N2O2. The SMILES string of the molecule is CC(NCC(C)(O)C(C)C)C(=O)N(C)C. The zero-order valence-electron chi connectivity index (χ0n) is 10.7. The Bertz CT molecular complexity index is 213. The van der Waals surface area contributed by atoms with Gasteiger partial charge in [-0.3, -0.25) is 4.79 Å². The quantitative estimate of drug-likeness (QED) is 0.702. The van der Waals surface area contributed by atoms with Crippen molar-refractivity contribution in [2.24, 2.45) is 5.92 Å². The van der Waals surface area contributed by atoms with E-state index in [1.54, 1.807) is 32.8 Å². The summed E-state index contributed by atoms with van der Waals surface area (Å²) in [5.74, 6) is 0.182. The fraction of sp³-hybridized carbons (Fsp3) is 0.909. The van der Waals surface area contributed by atoms with E-state index >= 15 is 0 Å².